The first-order chi connectivity index (χ1) is 12.1. The molecule has 0 bridgehead atoms. The smallest absolute Gasteiger partial charge is 0.316 e. The van der Waals surface area contributed by atoms with Crippen molar-refractivity contribution in [1.82, 2.24) is 0 Å². The van der Waals surface area contributed by atoms with Crippen molar-refractivity contribution in [3.05, 3.63) is 29.3 Å². The lowest BCUT2D eigenvalue weighted by molar-refractivity contribution is -0.333. The highest BCUT2D eigenvalue weighted by molar-refractivity contribution is 5.76. The first kappa shape index (κ1) is 20.9. The molecule has 5 atom stereocenters. The highest BCUT2D eigenvalue weighted by Gasteiger charge is 2.46. The van der Waals surface area contributed by atoms with Gasteiger partial charge in [-0.2, -0.15) is 0 Å². The molecule has 146 valence electrons. The van der Waals surface area contributed by atoms with Gasteiger partial charge in [-0.15, -0.1) is 0 Å². The van der Waals surface area contributed by atoms with Gasteiger partial charge in [0.1, 0.15) is 5.75 Å². The van der Waals surface area contributed by atoms with Gasteiger partial charge in [-0.05, 0) is 45.7 Å². The monoisotopic (exact) mass is 364 g/mol. The van der Waals surface area contributed by atoms with Crippen LogP contribution in [0.1, 0.15) is 45.7 Å². The summed E-state index contributed by atoms with van der Waals surface area (Å²) in [4.78, 5) is 12.8. The molecular weight excluding hydrogens is 332 g/mol. The van der Waals surface area contributed by atoms with Crippen molar-refractivity contribution in [2.45, 2.75) is 66.5 Å². The second-order valence-corrected chi connectivity index (χ2v) is 8.01. The van der Waals surface area contributed by atoms with Crippen molar-refractivity contribution >= 4 is 5.97 Å². The zero-order valence-corrected chi connectivity index (χ0v) is 16.9. The number of aryl methyl sites for hydroxylation is 2. The number of aliphatic hydroxyl groups excluding tert-OH is 1. The Morgan fingerprint density at radius 2 is 1.73 bits per heavy atom. The SMILES string of the molecule is Cc1cccc(C)c1OC(=O)[C@H](C)[C@@H]1OC(C)(C)O[C@@H]([C@@H](C)CO)[C@@H]1C. The van der Waals surface area contributed by atoms with Crippen LogP contribution >= 0.6 is 0 Å². The van der Waals surface area contributed by atoms with E-state index in [1.54, 1.807) is 0 Å². The summed E-state index contributed by atoms with van der Waals surface area (Å²) in [6.07, 6.45) is -0.543. The molecule has 1 N–H and O–H groups in total. The van der Waals surface area contributed by atoms with Gasteiger partial charge in [-0.3, -0.25) is 4.79 Å². The Labute approximate surface area is 156 Å². The Balaban J connectivity index is 2.20. The number of hydrogen-bond acceptors (Lipinski definition) is 5. The summed E-state index contributed by atoms with van der Waals surface area (Å²) in [7, 11) is 0. The average Bonchev–Trinajstić information content (AvgIpc) is 2.58. The third kappa shape index (κ3) is 4.45. The number of carbonyl (C=O) groups excluding carboxylic acids is 1. The number of hydrogen-bond donors (Lipinski definition) is 1. The molecule has 1 aliphatic heterocycles. The molecule has 0 saturated carbocycles. The molecule has 2 rings (SSSR count). The number of aliphatic hydroxyl groups is 1. The van der Waals surface area contributed by atoms with Gasteiger partial charge in [0.15, 0.2) is 5.79 Å². The van der Waals surface area contributed by atoms with Crippen LogP contribution in [0.5, 0.6) is 5.75 Å². The lowest BCUT2D eigenvalue weighted by Gasteiger charge is -2.48. The summed E-state index contributed by atoms with van der Waals surface area (Å²) in [6.45, 7) is 13.3. The summed E-state index contributed by atoms with van der Waals surface area (Å²) < 4.78 is 17.8. The molecule has 1 heterocycles. The minimum absolute atomic E-state index is 0.0268. The van der Waals surface area contributed by atoms with E-state index < -0.39 is 11.7 Å². The van der Waals surface area contributed by atoms with E-state index in [-0.39, 0.29) is 36.6 Å². The van der Waals surface area contributed by atoms with Gasteiger partial charge in [0.05, 0.1) is 18.1 Å². The van der Waals surface area contributed by atoms with Gasteiger partial charge in [0.2, 0.25) is 0 Å². The molecule has 0 aromatic heterocycles. The van der Waals surface area contributed by atoms with E-state index in [1.807, 2.05) is 66.7 Å². The topological polar surface area (TPSA) is 65.0 Å². The lowest BCUT2D eigenvalue weighted by Crippen LogP contribution is -2.55. The van der Waals surface area contributed by atoms with Crippen molar-refractivity contribution in [3.8, 4) is 5.75 Å². The number of carbonyl (C=O) groups is 1. The van der Waals surface area contributed by atoms with Crippen molar-refractivity contribution in [3.63, 3.8) is 0 Å². The zero-order chi connectivity index (χ0) is 19.6. The molecule has 5 nitrogen and oxygen atoms in total. The van der Waals surface area contributed by atoms with E-state index in [0.717, 1.165) is 11.1 Å². The summed E-state index contributed by atoms with van der Waals surface area (Å²) in [6, 6.07) is 5.80. The second-order valence-electron chi connectivity index (χ2n) is 8.01. The number of ether oxygens (including phenoxy) is 3. The fourth-order valence-corrected chi connectivity index (χ4v) is 3.67. The number of benzene rings is 1. The molecule has 0 amide bonds. The van der Waals surface area contributed by atoms with Crippen LogP contribution < -0.4 is 4.74 Å². The maximum atomic E-state index is 12.8. The van der Waals surface area contributed by atoms with E-state index in [9.17, 15) is 9.90 Å². The second kappa shape index (κ2) is 8.07. The van der Waals surface area contributed by atoms with Crippen LogP contribution in [0.15, 0.2) is 18.2 Å². The van der Waals surface area contributed by atoms with Crippen LogP contribution in [0.4, 0.5) is 0 Å². The molecule has 1 saturated heterocycles. The van der Waals surface area contributed by atoms with Crippen molar-refractivity contribution in [2.75, 3.05) is 6.61 Å². The molecule has 0 radical (unpaired) electrons. The maximum Gasteiger partial charge on any atom is 0.316 e. The van der Waals surface area contributed by atoms with Crippen molar-refractivity contribution in [2.24, 2.45) is 17.8 Å². The highest BCUT2D eigenvalue weighted by atomic mass is 16.7. The van der Waals surface area contributed by atoms with Crippen LogP contribution in [-0.2, 0) is 14.3 Å². The van der Waals surface area contributed by atoms with Gasteiger partial charge in [0.25, 0.3) is 0 Å². The van der Waals surface area contributed by atoms with Crippen LogP contribution in [-0.4, -0.2) is 35.7 Å². The van der Waals surface area contributed by atoms with Crippen molar-refractivity contribution in [1.29, 1.82) is 0 Å². The van der Waals surface area contributed by atoms with Crippen LogP contribution in [0.3, 0.4) is 0 Å². The van der Waals surface area contributed by atoms with E-state index in [0.29, 0.717) is 5.75 Å². The number of esters is 1. The summed E-state index contributed by atoms with van der Waals surface area (Å²) in [5.74, 6) is -1.07. The molecule has 0 aliphatic carbocycles. The normalized spacial score (nSPS) is 27.6. The average molecular weight is 364 g/mol. The minimum atomic E-state index is -0.821. The van der Waals surface area contributed by atoms with Gasteiger partial charge in [-0.1, -0.05) is 32.0 Å². The number of para-hydroxylation sites is 1. The van der Waals surface area contributed by atoms with Crippen LogP contribution in [0.25, 0.3) is 0 Å². The molecule has 1 aromatic rings. The van der Waals surface area contributed by atoms with E-state index in [1.165, 1.54) is 0 Å². The third-order valence-corrected chi connectivity index (χ3v) is 5.20. The molecule has 1 aliphatic rings. The Hall–Kier alpha value is -1.43. The molecule has 5 heteroatoms. The number of rotatable bonds is 5. The third-order valence-electron chi connectivity index (χ3n) is 5.20. The fraction of sp³-hybridized carbons (Fsp3) is 0.667. The van der Waals surface area contributed by atoms with Crippen molar-refractivity contribution < 1.29 is 24.1 Å². The predicted octanol–water partition coefficient (Wildman–Crippen LogP) is 3.63. The van der Waals surface area contributed by atoms with E-state index in [2.05, 4.69) is 0 Å². The van der Waals surface area contributed by atoms with E-state index in [4.69, 9.17) is 14.2 Å². The Morgan fingerprint density at radius 1 is 1.19 bits per heavy atom. The Kier molecular flexibility index (Phi) is 6.48. The standard InChI is InChI=1S/C21H32O5/c1-12-9-8-10-13(2)17(12)24-20(23)16(5)19-15(4)18(14(3)11-22)25-21(6,7)26-19/h8-10,14-16,18-19,22H,11H2,1-7H3/t14-,15-,16+,18-,19+/m0/s1. The van der Waals surface area contributed by atoms with Crippen LogP contribution in [0, 0.1) is 31.6 Å². The van der Waals surface area contributed by atoms with Crippen LogP contribution in [0.2, 0.25) is 0 Å². The molecule has 1 aromatic carbocycles. The van der Waals surface area contributed by atoms with Gasteiger partial charge >= 0.3 is 5.97 Å². The van der Waals surface area contributed by atoms with Gasteiger partial charge in [-0.25, -0.2) is 0 Å². The fourth-order valence-electron chi connectivity index (χ4n) is 3.67. The predicted molar refractivity (Wildman–Crippen MR) is 100.0 cm³/mol. The Morgan fingerprint density at radius 3 is 2.27 bits per heavy atom. The maximum absolute atomic E-state index is 12.8. The van der Waals surface area contributed by atoms with Gasteiger partial charge in [0, 0.05) is 18.4 Å². The zero-order valence-electron chi connectivity index (χ0n) is 16.9. The first-order valence-electron chi connectivity index (χ1n) is 9.31. The summed E-state index contributed by atoms with van der Waals surface area (Å²) in [5, 5.41) is 9.55. The summed E-state index contributed by atoms with van der Waals surface area (Å²) in [5.41, 5.74) is 1.86. The quantitative estimate of drug-likeness (QED) is 0.638. The highest BCUT2D eigenvalue weighted by Crippen LogP contribution is 2.38. The van der Waals surface area contributed by atoms with Gasteiger partial charge < -0.3 is 19.3 Å². The molecule has 1 fully saturated rings. The summed E-state index contributed by atoms with van der Waals surface area (Å²) >= 11 is 0. The van der Waals surface area contributed by atoms with E-state index >= 15 is 0 Å². The minimum Gasteiger partial charge on any atom is -0.426 e. The lowest BCUT2D eigenvalue weighted by atomic mass is 9.82. The Bertz CT molecular complexity index is 619. The largest absolute Gasteiger partial charge is 0.426 e. The molecule has 0 unspecified atom stereocenters. The first-order valence-corrected chi connectivity index (χ1v) is 9.31. The molecular formula is C21H32O5. The molecule has 0 spiro atoms. The molecule has 26 heavy (non-hydrogen) atoms.